The number of nitriles is 1. The molecule has 2 amide bonds. The van der Waals surface area contributed by atoms with Gasteiger partial charge in [0.25, 0.3) is 5.91 Å². The number of nitrogens with one attached hydrogen (secondary N) is 1. The lowest BCUT2D eigenvalue weighted by Gasteiger charge is -2.34. The normalized spacial score (nSPS) is 17.5. The number of nitrogens with zero attached hydrogens (tertiary/aromatic N) is 2. The number of piperidine rings is 1. The highest BCUT2D eigenvalue weighted by molar-refractivity contribution is 5.94. The van der Waals surface area contributed by atoms with Crippen LogP contribution in [0.25, 0.3) is 0 Å². The van der Waals surface area contributed by atoms with Gasteiger partial charge in [-0.2, -0.15) is 5.26 Å². The summed E-state index contributed by atoms with van der Waals surface area (Å²) in [6, 6.07) is 8.64. The van der Waals surface area contributed by atoms with E-state index < -0.39 is 5.60 Å². The fraction of sp³-hybridized carbons (Fsp3) is 0.526. The molecule has 0 aromatic heterocycles. The summed E-state index contributed by atoms with van der Waals surface area (Å²) >= 11 is 0. The topological polar surface area (TPSA) is 82.4 Å². The summed E-state index contributed by atoms with van der Waals surface area (Å²) in [5, 5.41) is 11.8. The largest absolute Gasteiger partial charge is 0.444 e. The molecule has 0 spiro atoms. The molecule has 0 radical (unpaired) electrons. The minimum atomic E-state index is -0.510. The third-order valence-corrected chi connectivity index (χ3v) is 3.98. The van der Waals surface area contributed by atoms with Crippen LogP contribution < -0.4 is 5.32 Å². The molecule has 1 atom stereocenters. The fourth-order valence-corrected chi connectivity index (χ4v) is 2.79. The number of carbonyl (C=O) groups excluding carboxylic acids is 2. The maximum atomic E-state index is 12.2. The Morgan fingerprint density at radius 2 is 2.16 bits per heavy atom. The Hall–Kier alpha value is -2.55. The number of hydrogen-bond donors (Lipinski definition) is 1. The number of ether oxygens (including phenoxy) is 1. The van der Waals surface area contributed by atoms with Crippen LogP contribution in [0, 0.1) is 17.2 Å². The molecule has 2 rings (SSSR count). The van der Waals surface area contributed by atoms with Crippen LogP contribution in [0.5, 0.6) is 0 Å². The number of benzene rings is 1. The molecule has 1 saturated heterocycles. The Bertz CT molecular complexity index is 673. The third-order valence-electron chi connectivity index (χ3n) is 3.98. The minimum absolute atomic E-state index is 0.198. The van der Waals surface area contributed by atoms with Crippen LogP contribution in [0.4, 0.5) is 4.79 Å². The predicted octanol–water partition coefficient (Wildman–Crippen LogP) is 2.94. The first-order chi connectivity index (χ1) is 11.8. The van der Waals surface area contributed by atoms with Gasteiger partial charge in [-0.15, -0.1) is 0 Å². The molecule has 1 aliphatic heterocycles. The second-order valence-electron chi connectivity index (χ2n) is 7.34. The Morgan fingerprint density at radius 1 is 1.40 bits per heavy atom. The van der Waals surface area contributed by atoms with Gasteiger partial charge in [-0.1, -0.05) is 6.07 Å². The summed E-state index contributed by atoms with van der Waals surface area (Å²) in [6.07, 6.45) is 1.55. The van der Waals surface area contributed by atoms with Crippen molar-refractivity contribution in [2.24, 2.45) is 5.92 Å². The van der Waals surface area contributed by atoms with Gasteiger partial charge in [0.1, 0.15) is 5.60 Å². The standard InChI is InChI=1S/C19H25N3O3/c1-19(2,3)25-18(24)22-9-5-7-15(13-22)12-21-17(23)16-8-4-6-14(10-16)11-20/h4,6,8,10,15H,5,7,9,12-13H2,1-3H3,(H,21,23). The van der Waals surface area contributed by atoms with Crippen LogP contribution in [-0.4, -0.2) is 42.1 Å². The van der Waals surface area contributed by atoms with Crippen molar-refractivity contribution in [1.29, 1.82) is 5.26 Å². The van der Waals surface area contributed by atoms with Gasteiger partial charge in [0, 0.05) is 25.2 Å². The highest BCUT2D eigenvalue weighted by Gasteiger charge is 2.27. The lowest BCUT2D eigenvalue weighted by molar-refractivity contribution is 0.0167. The van der Waals surface area contributed by atoms with Crippen molar-refractivity contribution in [3.63, 3.8) is 0 Å². The molecule has 1 aromatic rings. The third kappa shape index (κ3) is 5.79. The number of hydrogen-bond acceptors (Lipinski definition) is 4. The van der Waals surface area contributed by atoms with Gasteiger partial charge in [0.15, 0.2) is 0 Å². The maximum Gasteiger partial charge on any atom is 0.410 e. The van der Waals surface area contributed by atoms with E-state index >= 15 is 0 Å². The summed E-state index contributed by atoms with van der Waals surface area (Å²) in [5.74, 6) is -0.00383. The summed E-state index contributed by atoms with van der Waals surface area (Å²) in [6.45, 7) is 7.30. The lowest BCUT2D eigenvalue weighted by Crippen LogP contribution is -2.45. The van der Waals surface area contributed by atoms with Gasteiger partial charge < -0.3 is 15.0 Å². The quantitative estimate of drug-likeness (QED) is 0.915. The Labute approximate surface area is 148 Å². The monoisotopic (exact) mass is 343 g/mol. The van der Waals surface area contributed by atoms with Gasteiger partial charge in [0.2, 0.25) is 0 Å². The summed E-state index contributed by atoms with van der Waals surface area (Å²) in [5.41, 5.74) is 0.421. The molecule has 1 unspecified atom stereocenters. The van der Waals surface area contributed by atoms with Gasteiger partial charge in [-0.05, 0) is 57.7 Å². The van der Waals surface area contributed by atoms with E-state index in [9.17, 15) is 9.59 Å². The molecule has 0 aliphatic carbocycles. The van der Waals surface area contributed by atoms with E-state index in [2.05, 4.69) is 5.32 Å². The Kier molecular flexibility index (Phi) is 6.02. The van der Waals surface area contributed by atoms with E-state index in [0.29, 0.717) is 30.8 Å². The first-order valence-electron chi connectivity index (χ1n) is 8.55. The van der Waals surface area contributed by atoms with E-state index in [-0.39, 0.29) is 17.9 Å². The molecule has 25 heavy (non-hydrogen) atoms. The molecular formula is C19H25N3O3. The highest BCUT2D eigenvalue weighted by Crippen LogP contribution is 2.19. The van der Waals surface area contributed by atoms with Gasteiger partial charge in [0.05, 0.1) is 11.6 Å². The van der Waals surface area contributed by atoms with E-state index in [1.165, 1.54) is 0 Å². The molecule has 6 nitrogen and oxygen atoms in total. The zero-order chi connectivity index (χ0) is 18.4. The van der Waals surface area contributed by atoms with Crippen molar-refractivity contribution in [3.05, 3.63) is 35.4 Å². The second-order valence-corrected chi connectivity index (χ2v) is 7.34. The van der Waals surface area contributed by atoms with Crippen LogP contribution in [0.2, 0.25) is 0 Å². The number of carbonyl (C=O) groups is 2. The first-order valence-corrected chi connectivity index (χ1v) is 8.55. The van der Waals surface area contributed by atoms with Crippen molar-refractivity contribution in [2.75, 3.05) is 19.6 Å². The predicted molar refractivity (Wildman–Crippen MR) is 94.0 cm³/mol. The average molecular weight is 343 g/mol. The Balaban J connectivity index is 1.87. The van der Waals surface area contributed by atoms with Crippen molar-refractivity contribution in [3.8, 4) is 6.07 Å². The zero-order valence-electron chi connectivity index (χ0n) is 15.0. The smallest absolute Gasteiger partial charge is 0.410 e. The number of likely N-dealkylation sites (tertiary alicyclic amines) is 1. The Morgan fingerprint density at radius 3 is 2.84 bits per heavy atom. The van der Waals surface area contributed by atoms with Crippen LogP contribution in [-0.2, 0) is 4.74 Å². The van der Waals surface area contributed by atoms with Crippen LogP contribution in [0.15, 0.2) is 24.3 Å². The molecule has 0 saturated carbocycles. The molecular weight excluding hydrogens is 318 g/mol. The summed E-state index contributed by atoms with van der Waals surface area (Å²) < 4.78 is 5.41. The van der Waals surface area contributed by atoms with Crippen LogP contribution in [0.3, 0.4) is 0 Å². The first kappa shape index (κ1) is 18.8. The zero-order valence-corrected chi connectivity index (χ0v) is 15.0. The van der Waals surface area contributed by atoms with Crippen molar-refractivity contribution in [2.45, 2.75) is 39.2 Å². The number of amides is 2. The van der Waals surface area contributed by atoms with Gasteiger partial charge in [-0.3, -0.25) is 4.79 Å². The number of rotatable bonds is 3. The molecule has 0 bridgehead atoms. The lowest BCUT2D eigenvalue weighted by atomic mass is 9.98. The van der Waals surface area contributed by atoms with E-state index in [4.69, 9.17) is 10.00 Å². The molecule has 1 heterocycles. The minimum Gasteiger partial charge on any atom is -0.444 e. The molecule has 1 fully saturated rings. The molecule has 134 valence electrons. The van der Waals surface area contributed by atoms with Crippen molar-refractivity contribution < 1.29 is 14.3 Å². The van der Waals surface area contributed by atoms with E-state index in [1.54, 1.807) is 29.2 Å². The van der Waals surface area contributed by atoms with E-state index in [1.807, 2.05) is 26.8 Å². The molecule has 6 heteroatoms. The van der Waals surface area contributed by atoms with Gasteiger partial charge >= 0.3 is 6.09 Å². The summed E-state index contributed by atoms with van der Waals surface area (Å²) in [4.78, 5) is 26.1. The van der Waals surface area contributed by atoms with Gasteiger partial charge in [-0.25, -0.2) is 4.79 Å². The molecule has 1 N–H and O–H groups in total. The average Bonchev–Trinajstić information content (AvgIpc) is 2.58. The summed E-state index contributed by atoms with van der Waals surface area (Å²) in [7, 11) is 0. The van der Waals surface area contributed by atoms with Crippen molar-refractivity contribution in [1.82, 2.24) is 10.2 Å². The highest BCUT2D eigenvalue weighted by atomic mass is 16.6. The SMILES string of the molecule is CC(C)(C)OC(=O)N1CCCC(CNC(=O)c2cccc(C#N)c2)C1. The molecule has 1 aliphatic rings. The van der Waals surface area contributed by atoms with E-state index in [0.717, 1.165) is 12.8 Å². The maximum absolute atomic E-state index is 12.2. The second kappa shape index (κ2) is 8.02. The molecule has 1 aromatic carbocycles. The van der Waals surface area contributed by atoms with Crippen molar-refractivity contribution >= 4 is 12.0 Å². The van der Waals surface area contributed by atoms with Crippen LogP contribution >= 0.6 is 0 Å². The fourth-order valence-electron chi connectivity index (χ4n) is 2.79. The van der Waals surface area contributed by atoms with Crippen LogP contribution in [0.1, 0.15) is 49.5 Å².